The first kappa shape index (κ1) is 22.5. The van der Waals surface area contributed by atoms with Crippen LogP contribution in [0.5, 0.6) is 0 Å². The van der Waals surface area contributed by atoms with Crippen molar-refractivity contribution in [2.75, 3.05) is 39.3 Å². The number of rotatable bonds is 9. The Hall–Kier alpha value is -1.83. The molecule has 1 heterocycles. The molecule has 0 unspecified atom stereocenters. The quantitative estimate of drug-likeness (QED) is 0.523. The van der Waals surface area contributed by atoms with Crippen LogP contribution < -0.4 is 16.0 Å². The fourth-order valence-electron chi connectivity index (χ4n) is 2.95. The highest BCUT2D eigenvalue weighted by atomic mass is 35.5. The van der Waals surface area contributed by atoms with E-state index in [0.717, 1.165) is 26.1 Å². The van der Waals surface area contributed by atoms with Gasteiger partial charge in [-0.15, -0.1) is 0 Å². The summed E-state index contributed by atoms with van der Waals surface area (Å²) < 4.78 is 0. The van der Waals surface area contributed by atoms with Gasteiger partial charge in [0, 0.05) is 11.6 Å². The average Bonchev–Trinajstić information content (AvgIpc) is 2.68. The van der Waals surface area contributed by atoms with Gasteiger partial charge in [-0.1, -0.05) is 29.6 Å². The SMILES string of the molecule is O=C(CNC(=O)CNC(=O)c1ccc(Cl)cc1Cl)NCCCN1CCCCC1. The summed E-state index contributed by atoms with van der Waals surface area (Å²) in [6, 6.07) is 4.47. The van der Waals surface area contributed by atoms with Crippen LogP contribution in [0.25, 0.3) is 0 Å². The van der Waals surface area contributed by atoms with Crippen molar-refractivity contribution in [2.24, 2.45) is 0 Å². The smallest absolute Gasteiger partial charge is 0.253 e. The van der Waals surface area contributed by atoms with Crippen LogP contribution in [0.1, 0.15) is 36.0 Å². The summed E-state index contributed by atoms with van der Waals surface area (Å²) in [4.78, 5) is 38.0. The molecule has 1 aliphatic heterocycles. The minimum absolute atomic E-state index is 0.125. The third-order valence-electron chi connectivity index (χ3n) is 4.45. The number of halogens is 2. The van der Waals surface area contributed by atoms with Gasteiger partial charge in [0.2, 0.25) is 11.8 Å². The van der Waals surface area contributed by atoms with Crippen LogP contribution in [0.3, 0.4) is 0 Å². The van der Waals surface area contributed by atoms with Crippen LogP contribution in [0.4, 0.5) is 0 Å². The molecule has 2 rings (SSSR count). The number of hydrogen-bond acceptors (Lipinski definition) is 4. The summed E-state index contributed by atoms with van der Waals surface area (Å²) in [7, 11) is 0. The number of benzene rings is 1. The number of carbonyl (C=O) groups excluding carboxylic acids is 3. The molecule has 0 atom stereocenters. The zero-order valence-corrected chi connectivity index (χ0v) is 17.2. The van der Waals surface area contributed by atoms with E-state index in [9.17, 15) is 14.4 Å². The van der Waals surface area contributed by atoms with Gasteiger partial charge in [-0.2, -0.15) is 0 Å². The molecule has 7 nitrogen and oxygen atoms in total. The molecule has 0 saturated carbocycles. The zero-order valence-electron chi connectivity index (χ0n) is 15.7. The fourth-order valence-corrected chi connectivity index (χ4v) is 3.44. The summed E-state index contributed by atoms with van der Waals surface area (Å²) in [5.41, 5.74) is 0.227. The molecule has 28 heavy (non-hydrogen) atoms. The predicted octanol–water partition coefficient (Wildman–Crippen LogP) is 1.83. The molecular formula is C19H26Cl2N4O3. The minimum Gasteiger partial charge on any atom is -0.355 e. The lowest BCUT2D eigenvalue weighted by Gasteiger charge is -2.26. The highest BCUT2D eigenvalue weighted by molar-refractivity contribution is 6.36. The predicted molar refractivity (Wildman–Crippen MR) is 110 cm³/mol. The van der Waals surface area contributed by atoms with Gasteiger partial charge in [-0.25, -0.2) is 0 Å². The maximum absolute atomic E-state index is 12.0. The molecule has 3 amide bonds. The van der Waals surface area contributed by atoms with Gasteiger partial charge in [0.15, 0.2) is 0 Å². The normalized spacial score (nSPS) is 14.4. The van der Waals surface area contributed by atoms with E-state index in [4.69, 9.17) is 23.2 Å². The lowest BCUT2D eigenvalue weighted by Crippen LogP contribution is -2.42. The van der Waals surface area contributed by atoms with Crippen molar-refractivity contribution in [3.05, 3.63) is 33.8 Å². The summed E-state index contributed by atoms with van der Waals surface area (Å²) in [5, 5.41) is 8.33. The van der Waals surface area contributed by atoms with Crippen LogP contribution in [0.15, 0.2) is 18.2 Å². The Morgan fingerprint density at radius 1 is 0.929 bits per heavy atom. The van der Waals surface area contributed by atoms with Crippen LogP contribution in [-0.4, -0.2) is 61.9 Å². The Bertz CT molecular complexity index is 694. The average molecular weight is 429 g/mol. The molecule has 1 aromatic rings. The third-order valence-corrected chi connectivity index (χ3v) is 5.00. The summed E-state index contributed by atoms with van der Waals surface area (Å²) in [6.07, 6.45) is 4.69. The maximum atomic E-state index is 12.0. The van der Waals surface area contributed by atoms with Crippen molar-refractivity contribution in [2.45, 2.75) is 25.7 Å². The Morgan fingerprint density at radius 3 is 2.32 bits per heavy atom. The summed E-state index contributed by atoms with van der Waals surface area (Å²) in [6.45, 7) is 3.46. The highest BCUT2D eigenvalue weighted by Crippen LogP contribution is 2.20. The lowest BCUT2D eigenvalue weighted by molar-refractivity contribution is -0.125. The molecule has 0 spiro atoms. The van der Waals surface area contributed by atoms with Crippen molar-refractivity contribution in [3.8, 4) is 0 Å². The fraction of sp³-hybridized carbons (Fsp3) is 0.526. The Labute approximate surface area is 175 Å². The van der Waals surface area contributed by atoms with E-state index < -0.39 is 11.8 Å². The molecule has 1 aliphatic rings. The standard InChI is InChI=1S/C19H26Cl2N4O3/c20-14-5-6-15(16(21)11-14)19(28)24-13-18(27)23-12-17(26)22-7-4-10-25-8-2-1-3-9-25/h5-6,11H,1-4,7-10,12-13H2,(H,22,26)(H,23,27)(H,24,28). The zero-order chi connectivity index (χ0) is 20.4. The second kappa shape index (κ2) is 11.9. The van der Waals surface area contributed by atoms with E-state index in [-0.39, 0.29) is 29.6 Å². The number of likely N-dealkylation sites (tertiary alicyclic amines) is 1. The van der Waals surface area contributed by atoms with Crippen LogP contribution in [0.2, 0.25) is 10.0 Å². The second-order valence-electron chi connectivity index (χ2n) is 6.69. The lowest BCUT2D eigenvalue weighted by atomic mass is 10.1. The molecule has 0 radical (unpaired) electrons. The van der Waals surface area contributed by atoms with Crippen LogP contribution in [-0.2, 0) is 9.59 Å². The molecule has 9 heteroatoms. The number of amides is 3. The molecule has 1 saturated heterocycles. The summed E-state index contributed by atoms with van der Waals surface area (Å²) in [5.74, 6) is -1.19. The Kier molecular flexibility index (Phi) is 9.54. The molecular weight excluding hydrogens is 403 g/mol. The largest absolute Gasteiger partial charge is 0.355 e. The first-order chi connectivity index (χ1) is 13.5. The highest BCUT2D eigenvalue weighted by Gasteiger charge is 2.13. The van der Waals surface area contributed by atoms with Crippen molar-refractivity contribution in [1.29, 1.82) is 0 Å². The molecule has 0 bridgehead atoms. The van der Waals surface area contributed by atoms with Crippen LogP contribution >= 0.6 is 23.2 Å². The number of hydrogen-bond donors (Lipinski definition) is 3. The monoisotopic (exact) mass is 428 g/mol. The van der Waals surface area contributed by atoms with E-state index in [1.807, 2.05) is 0 Å². The van der Waals surface area contributed by atoms with Crippen molar-refractivity contribution in [3.63, 3.8) is 0 Å². The Morgan fingerprint density at radius 2 is 1.61 bits per heavy atom. The van der Waals surface area contributed by atoms with Gasteiger partial charge in [0.25, 0.3) is 5.91 Å². The molecule has 154 valence electrons. The van der Waals surface area contributed by atoms with E-state index in [2.05, 4.69) is 20.9 Å². The van der Waals surface area contributed by atoms with Gasteiger partial charge in [0.1, 0.15) is 0 Å². The van der Waals surface area contributed by atoms with Gasteiger partial charge >= 0.3 is 0 Å². The van der Waals surface area contributed by atoms with Gasteiger partial charge in [-0.3, -0.25) is 14.4 Å². The molecule has 1 aromatic carbocycles. The van der Waals surface area contributed by atoms with Gasteiger partial charge in [0.05, 0.1) is 23.7 Å². The number of piperidine rings is 1. The molecule has 1 fully saturated rings. The van der Waals surface area contributed by atoms with Crippen LogP contribution in [0, 0.1) is 0 Å². The molecule has 3 N–H and O–H groups in total. The van der Waals surface area contributed by atoms with E-state index in [1.54, 1.807) is 0 Å². The topological polar surface area (TPSA) is 90.5 Å². The Balaban J connectivity index is 1.57. The molecule has 0 aliphatic carbocycles. The molecule has 0 aromatic heterocycles. The number of nitrogens with zero attached hydrogens (tertiary/aromatic N) is 1. The first-order valence-electron chi connectivity index (χ1n) is 9.44. The van der Waals surface area contributed by atoms with Gasteiger partial charge in [-0.05, 0) is 57.1 Å². The van der Waals surface area contributed by atoms with Crippen molar-refractivity contribution >= 4 is 40.9 Å². The van der Waals surface area contributed by atoms with E-state index in [1.165, 1.54) is 37.5 Å². The number of carbonyl (C=O) groups is 3. The second-order valence-corrected chi connectivity index (χ2v) is 7.53. The van der Waals surface area contributed by atoms with E-state index in [0.29, 0.717) is 11.6 Å². The first-order valence-corrected chi connectivity index (χ1v) is 10.2. The minimum atomic E-state index is -0.487. The maximum Gasteiger partial charge on any atom is 0.253 e. The summed E-state index contributed by atoms with van der Waals surface area (Å²) >= 11 is 11.7. The van der Waals surface area contributed by atoms with Gasteiger partial charge < -0.3 is 20.9 Å². The van der Waals surface area contributed by atoms with E-state index >= 15 is 0 Å². The number of nitrogens with one attached hydrogen (secondary N) is 3. The van der Waals surface area contributed by atoms with Crippen molar-refractivity contribution < 1.29 is 14.4 Å². The third kappa shape index (κ3) is 8.04. The van der Waals surface area contributed by atoms with Crippen molar-refractivity contribution in [1.82, 2.24) is 20.9 Å².